The van der Waals surface area contributed by atoms with Crippen LogP contribution < -0.4 is 0 Å². The number of carbonyl (C=O) groups excluding carboxylic acids is 2. The third kappa shape index (κ3) is 2.89. The fourth-order valence-electron chi connectivity index (χ4n) is 2.55. The number of nitrogens with zero attached hydrogens (tertiary/aromatic N) is 4. The van der Waals surface area contributed by atoms with Crippen molar-refractivity contribution in [3.05, 3.63) is 71.9 Å². The molecule has 4 rings (SSSR count). The predicted octanol–water partition coefficient (Wildman–Crippen LogP) is 2.88. The molecule has 1 aliphatic heterocycles. The summed E-state index contributed by atoms with van der Waals surface area (Å²) in [6, 6.07) is 16.4. The summed E-state index contributed by atoms with van der Waals surface area (Å²) in [4.78, 5) is 30.1. The van der Waals surface area contributed by atoms with Crippen LogP contribution in [-0.4, -0.2) is 37.8 Å². The van der Waals surface area contributed by atoms with Crippen molar-refractivity contribution in [2.75, 3.05) is 5.88 Å². The van der Waals surface area contributed by atoms with Crippen molar-refractivity contribution in [2.45, 2.75) is 5.16 Å². The standard InChI is InChI=1S/C18H12N4O2S/c23-16-13-8-4-5-9-14(13)17(24)22(16)11-25-18-19-10-15(20-21-18)12-6-2-1-3-7-12/h1-10H,11H2. The van der Waals surface area contributed by atoms with Gasteiger partial charge in [0.15, 0.2) is 0 Å². The zero-order valence-corrected chi connectivity index (χ0v) is 13.8. The van der Waals surface area contributed by atoms with Gasteiger partial charge in [-0.05, 0) is 12.1 Å². The number of aromatic nitrogens is 3. The van der Waals surface area contributed by atoms with Crippen molar-refractivity contribution in [1.29, 1.82) is 0 Å². The summed E-state index contributed by atoms with van der Waals surface area (Å²) in [5, 5.41) is 8.63. The minimum Gasteiger partial charge on any atom is -0.269 e. The monoisotopic (exact) mass is 348 g/mol. The van der Waals surface area contributed by atoms with E-state index in [0.717, 1.165) is 5.56 Å². The lowest BCUT2D eigenvalue weighted by atomic mass is 10.1. The molecule has 0 unspecified atom stereocenters. The van der Waals surface area contributed by atoms with Crippen molar-refractivity contribution in [3.63, 3.8) is 0 Å². The molecule has 0 saturated heterocycles. The molecule has 0 radical (unpaired) electrons. The number of thioether (sulfide) groups is 1. The van der Waals surface area contributed by atoms with Gasteiger partial charge < -0.3 is 0 Å². The lowest BCUT2D eigenvalue weighted by Gasteiger charge is -2.12. The van der Waals surface area contributed by atoms with Crippen LogP contribution in [0.4, 0.5) is 0 Å². The first-order chi connectivity index (χ1) is 12.2. The van der Waals surface area contributed by atoms with E-state index < -0.39 is 0 Å². The molecule has 2 amide bonds. The minimum atomic E-state index is -0.290. The summed E-state index contributed by atoms with van der Waals surface area (Å²) in [7, 11) is 0. The Labute approximate surface area is 147 Å². The second-order valence-electron chi connectivity index (χ2n) is 5.35. The Morgan fingerprint density at radius 2 is 1.48 bits per heavy atom. The van der Waals surface area contributed by atoms with E-state index in [2.05, 4.69) is 15.2 Å². The fourth-order valence-corrected chi connectivity index (χ4v) is 3.26. The van der Waals surface area contributed by atoms with Crippen molar-refractivity contribution in [3.8, 4) is 11.3 Å². The zero-order valence-electron chi connectivity index (χ0n) is 13.0. The molecule has 0 spiro atoms. The summed E-state index contributed by atoms with van der Waals surface area (Å²) in [6.45, 7) is 0. The molecule has 7 heteroatoms. The van der Waals surface area contributed by atoms with E-state index >= 15 is 0 Å². The number of hydrogen-bond donors (Lipinski definition) is 0. The highest BCUT2D eigenvalue weighted by atomic mass is 32.2. The molecule has 0 saturated carbocycles. The normalized spacial score (nSPS) is 13.2. The van der Waals surface area contributed by atoms with Gasteiger partial charge in [-0.15, -0.1) is 10.2 Å². The highest BCUT2D eigenvalue weighted by Gasteiger charge is 2.35. The maximum absolute atomic E-state index is 12.3. The first-order valence-corrected chi connectivity index (χ1v) is 8.56. The third-order valence-corrected chi connectivity index (χ3v) is 4.64. The van der Waals surface area contributed by atoms with Crippen molar-refractivity contribution < 1.29 is 9.59 Å². The van der Waals surface area contributed by atoms with Crippen LogP contribution in [0.15, 0.2) is 66.0 Å². The van der Waals surface area contributed by atoms with Crippen molar-refractivity contribution in [2.24, 2.45) is 0 Å². The Kier molecular flexibility index (Phi) is 3.99. The summed E-state index contributed by atoms with van der Waals surface area (Å²) in [5.41, 5.74) is 2.48. The van der Waals surface area contributed by atoms with Crippen molar-refractivity contribution >= 4 is 23.6 Å². The van der Waals surface area contributed by atoms with Crippen LogP contribution in [0.1, 0.15) is 20.7 Å². The van der Waals surface area contributed by atoms with E-state index in [1.54, 1.807) is 30.5 Å². The molecule has 2 aromatic carbocycles. The van der Waals surface area contributed by atoms with E-state index in [1.165, 1.54) is 16.7 Å². The molecule has 122 valence electrons. The van der Waals surface area contributed by atoms with E-state index in [9.17, 15) is 9.59 Å². The van der Waals surface area contributed by atoms with Gasteiger partial charge in [0.2, 0.25) is 5.16 Å². The Morgan fingerprint density at radius 3 is 2.08 bits per heavy atom. The molecule has 0 bridgehead atoms. The molecule has 0 atom stereocenters. The molecule has 1 aliphatic rings. The molecule has 1 aromatic heterocycles. The Balaban J connectivity index is 1.46. The van der Waals surface area contributed by atoms with Crippen LogP contribution in [0.3, 0.4) is 0 Å². The lowest BCUT2D eigenvalue weighted by Crippen LogP contribution is -2.29. The van der Waals surface area contributed by atoms with Gasteiger partial charge in [0, 0.05) is 5.56 Å². The molecule has 3 aromatic rings. The number of amides is 2. The van der Waals surface area contributed by atoms with Crippen LogP contribution in [0, 0.1) is 0 Å². The quantitative estimate of drug-likeness (QED) is 0.533. The fraction of sp³-hybridized carbons (Fsp3) is 0.0556. The highest BCUT2D eigenvalue weighted by Crippen LogP contribution is 2.26. The highest BCUT2D eigenvalue weighted by molar-refractivity contribution is 7.99. The van der Waals surface area contributed by atoms with Crippen LogP contribution in [0.2, 0.25) is 0 Å². The van der Waals surface area contributed by atoms with Crippen LogP contribution in [0.5, 0.6) is 0 Å². The first-order valence-electron chi connectivity index (χ1n) is 7.57. The van der Waals surface area contributed by atoms with E-state index in [1.807, 2.05) is 30.3 Å². The van der Waals surface area contributed by atoms with E-state index in [-0.39, 0.29) is 17.7 Å². The van der Waals surface area contributed by atoms with Crippen LogP contribution in [-0.2, 0) is 0 Å². The molecule has 25 heavy (non-hydrogen) atoms. The average Bonchev–Trinajstić information content (AvgIpc) is 2.92. The number of imide groups is 1. The Morgan fingerprint density at radius 1 is 0.840 bits per heavy atom. The molecule has 0 aliphatic carbocycles. The Bertz CT molecular complexity index is 910. The zero-order chi connectivity index (χ0) is 17.2. The third-order valence-electron chi connectivity index (χ3n) is 3.81. The molecular formula is C18H12N4O2S. The van der Waals surface area contributed by atoms with Gasteiger partial charge >= 0.3 is 0 Å². The number of rotatable bonds is 4. The van der Waals surface area contributed by atoms with E-state index in [4.69, 9.17) is 0 Å². The molecule has 0 N–H and O–H groups in total. The van der Waals surface area contributed by atoms with E-state index in [0.29, 0.717) is 22.0 Å². The van der Waals surface area contributed by atoms with Gasteiger partial charge in [0.05, 0.1) is 23.2 Å². The van der Waals surface area contributed by atoms with Gasteiger partial charge in [-0.3, -0.25) is 14.5 Å². The molecule has 0 fully saturated rings. The second-order valence-corrected chi connectivity index (χ2v) is 6.26. The van der Waals surface area contributed by atoms with Gasteiger partial charge in [-0.1, -0.05) is 54.2 Å². The maximum Gasteiger partial charge on any atom is 0.262 e. The van der Waals surface area contributed by atoms with Gasteiger partial charge in [0.1, 0.15) is 5.69 Å². The molecule has 6 nitrogen and oxygen atoms in total. The van der Waals surface area contributed by atoms with Crippen LogP contribution in [0.25, 0.3) is 11.3 Å². The summed E-state index contributed by atoms with van der Waals surface area (Å²) in [5.74, 6) is -0.428. The lowest BCUT2D eigenvalue weighted by molar-refractivity contribution is 0.0684. The smallest absolute Gasteiger partial charge is 0.262 e. The molecule has 2 heterocycles. The van der Waals surface area contributed by atoms with Gasteiger partial charge in [-0.2, -0.15) is 0 Å². The topological polar surface area (TPSA) is 76.1 Å². The average molecular weight is 348 g/mol. The number of benzene rings is 2. The summed E-state index contributed by atoms with van der Waals surface area (Å²) >= 11 is 1.20. The number of fused-ring (bicyclic) bond motifs is 1. The Hall–Kier alpha value is -3.06. The van der Waals surface area contributed by atoms with Crippen molar-refractivity contribution in [1.82, 2.24) is 20.1 Å². The molecular weight excluding hydrogens is 336 g/mol. The number of hydrogen-bond acceptors (Lipinski definition) is 6. The number of carbonyl (C=O) groups is 2. The largest absolute Gasteiger partial charge is 0.269 e. The van der Waals surface area contributed by atoms with Gasteiger partial charge in [-0.25, -0.2) is 4.98 Å². The van der Waals surface area contributed by atoms with Crippen LogP contribution >= 0.6 is 11.8 Å². The summed E-state index contributed by atoms with van der Waals surface area (Å²) in [6.07, 6.45) is 1.63. The SMILES string of the molecule is O=C1c2ccccc2C(=O)N1CSc1ncc(-c2ccccc2)nn1. The van der Waals surface area contributed by atoms with Gasteiger partial charge in [0.25, 0.3) is 11.8 Å². The predicted molar refractivity (Wildman–Crippen MR) is 92.9 cm³/mol. The maximum atomic E-state index is 12.3. The summed E-state index contributed by atoms with van der Waals surface area (Å²) < 4.78 is 0. The first kappa shape index (κ1) is 15.5. The second kappa shape index (κ2) is 6.45. The minimum absolute atomic E-state index is 0.151.